The number of rotatable bonds is 7. The summed E-state index contributed by atoms with van der Waals surface area (Å²) < 4.78 is 2.10. The molecular formula is C19H22N4O2S. The van der Waals surface area contributed by atoms with Crippen LogP contribution in [0.2, 0.25) is 0 Å². The molecule has 2 heterocycles. The Kier molecular flexibility index (Phi) is 5.68. The van der Waals surface area contributed by atoms with Crippen LogP contribution in [0.3, 0.4) is 0 Å². The van der Waals surface area contributed by atoms with Crippen LogP contribution in [0.4, 0.5) is 0 Å². The molecule has 0 saturated heterocycles. The lowest BCUT2D eigenvalue weighted by Crippen LogP contribution is -2.32. The molecule has 1 aromatic carbocycles. The Morgan fingerprint density at radius 3 is 2.73 bits per heavy atom. The number of hydrogen-bond acceptors (Lipinski definition) is 4. The number of nitrogens with zero attached hydrogens (tertiary/aromatic N) is 2. The monoisotopic (exact) mass is 370 g/mol. The van der Waals surface area contributed by atoms with Crippen LogP contribution in [-0.4, -0.2) is 21.4 Å². The summed E-state index contributed by atoms with van der Waals surface area (Å²) in [6.07, 6.45) is 0.201. The fourth-order valence-corrected chi connectivity index (χ4v) is 3.78. The third kappa shape index (κ3) is 4.11. The highest BCUT2D eigenvalue weighted by Gasteiger charge is 2.18. The van der Waals surface area contributed by atoms with Crippen molar-refractivity contribution in [3.05, 3.63) is 52.5 Å². The Labute approximate surface area is 156 Å². The summed E-state index contributed by atoms with van der Waals surface area (Å²) >= 11 is 1.53. The maximum Gasteiger partial charge on any atom is 0.222 e. The standard InChI is InChI=1S/C19H22N4O2S/c1-3-23-16-8-5-4-7-14(16)22-18(23)12-20-19(25)11-15(21-13(2)24)17-9-6-10-26-17/h4-10,15H,3,11-12H2,1-2H3,(H,20,25)(H,21,24)/t15-/m0/s1. The molecule has 2 amide bonds. The zero-order valence-electron chi connectivity index (χ0n) is 14.9. The number of nitrogens with one attached hydrogen (secondary N) is 2. The molecule has 3 rings (SSSR count). The molecule has 0 bridgehead atoms. The first-order valence-corrected chi connectivity index (χ1v) is 9.47. The van der Waals surface area contributed by atoms with Crippen molar-refractivity contribution in [3.63, 3.8) is 0 Å². The molecule has 2 N–H and O–H groups in total. The second-order valence-electron chi connectivity index (χ2n) is 6.01. The van der Waals surface area contributed by atoms with Gasteiger partial charge in [0.15, 0.2) is 0 Å². The largest absolute Gasteiger partial charge is 0.349 e. The Morgan fingerprint density at radius 1 is 1.23 bits per heavy atom. The number of benzene rings is 1. The van der Waals surface area contributed by atoms with Crippen LogP contribution in [0, 0.1) is 0 Å². The van der Waals surface area contributed by atoms with E-state index in [1.807, 2.05) is 41.8 Å². The first-order valence-electron chi connectivity index (χ1n) is 8.59. The van der Waals surface area contributed by atoms with Gasteiger partial charge in [-0.25, -0.2) is 4.98 Å². The van der Waals surface area contributed by atoms with E-state index in [4.69, 9.17) is 0 Å². The van der Waals surface area contributed by atoms with Gasteiger partial charge in [-0.3, -0.25) is 9.59 Å². The SMILES string of the molecule is CCn1c(CNC(=O)C[C@H](NC(C)=O)c2cccs2)nc2ccccc21. The zero-order valence-corrected chi connectivity index (χ0v) is 15.7. The Bertz CT molecular complexity index is 902. The van der Waals surface area contributed by atoms with Gasteiger partial charge in [0, 0.05) is 18.3 Å². The van der Waals surface area contributed by atoms with Gasteiger partial charge in [0.1, 0.15) is 5.82 Å². The third-order valence-electron chi connectivity index (χ3n) is 4.15. The van der Waals surface area contributed by atoms with E-state index in [1.165, 1.54) is 18.3 Å². The number of imidazole rings is 1. The molecule has 0 aliphatic heterocycles. The van der Waals surface area contributed by atoms with Crippen molar-refractivity contribution in [1.82, 2.24) is 20.2 Å². The molecule has 7 heteroatoms. The van der Waals surface area contributed by atoms with Crippen LogP contribution in [0.25, 0.3) is 11.0 Å². The topological polar surface area (TPSA) is 76.0 Å². The van der Waals surface area contributed by atoms with E-state index in [1.54, 1.807) is 0 Å². The number of carbonyl (C=O) groups excluding carboxylic acids is 2. The average molecular weight is 370 g/mol. The highest BCUT2D eigenvalue weighted by molar-refractivity contribution is 7.10. The van der Waals surface area contributed by atoms with Crippen LogP contribution in [0.5, 0.6) is 0 Å². The van der Waals surface area contributed by atoms with Crippen LogP contribution in [-0.2, 0) is 22.7 Å². The number of aromatic nitrogens is 2. The minimum atomic E-state index is -0.308. The van der Waals surface area contributed by atoms with Crippen molar-refractivity contribution >= 4 is 34.2 Å². The average Bonchev–Trinajstić information content (AvgIpc) is 3.26. The number of carbonyl (C=O) groups is 2. The number of fused-ring (bicyclic) bond motifs is 1. The Balaban J connectivity index is 1.67. The minimum absolute atomic E-state index is 0.119. The second kappa shape index (κ2) is 8.14. The normalized spacial score (nSPS) is 12.1. The first-order chi connectivity index (χ1) is 12.6. The van der Waals surface area contributed by atoms with Gasteiger partial charge < -0.3 is 15.2 Å². The van der Waals surface area contributed by atoms with E-state index in [2.05, 4.69) is 27.1 Å². The van der Waals surface area contributed by atoms with Gasteiger partial charge in [-0.15, -0.1) is 11.3 Å². The van der Waals surface area contributed by atoms with Crippen LogP contribution < -0.4 is 10.6 Å². The summed E-state index contributed by atoms with van der Waals surface area (Å²) in [5.41, 5.74) is 1.99. The van der Waals surface area contributed by atoms with Gasteiger partial charge in [-0.05, 0) is 30.5 Å². The molecular weight excluding hydrogens is 348 g/mol. The molecule has 6 nitrogen and oxygen atoms in total. The molecule has 0 saturated carbocycles. The van der Waals surface area contributed by atoms with Gasteiger partial charge in [0.05, 0.1) is 30.0 Å². The Morgan fingerprint density at radius 2 is 2.04 bits per heavy atom. The van der Waals surface area contributed by atoms with Crippen LogP contribution in [0.1, 0.15) is 37.0 Å². The van der Waals surface area contributed by atoms with E-state index >= 15 is 0 Å². The summed E-state index contributed by atoms with van der Waals surface area (Å²) in [5, 5.41) is 7.71. The lowest BCUT2D eigenvalue weighted by atomic mass is 10.1. The van der Waals surface area contributed by atoms with E-state index in [0.29, 0.717) is 6.54 Å². The number of hydrogen-bond donors (Lipinski definition) is 2. The predicted molar refractivity (Wildman–Crippen MR) is 103 cm³/mol. The summed E-state index contributed by atoms with van der Waals surface area (Å²) in [7, 11) is 0. The smallest absolute Gasteiger partial charge is 0.222 e. The van der Waals surface area contributed by atoms with Crippen molar-refractivity contribution in [2.75, 3.05) is 0 Å². The molecule has 0 aliphatic rings. The third-order valence-corrected chi connectivity index (χ3v) is 5.13. The van der Waals surface area contributed by atoms with Gasteiger partial charge in [0.2, 0.25) is 11.8 Å². The van der Waals surface area contributed by atoms with Gasteiger partial charge >= 0.3 is 0 Å². The fraction of sp³-hybridized carbons (Fsp3) is 0.316. The molecule has 0 radical (unpaired) electrons. The lowest BCUT2D eigenvalue weighted by molar-refractivity contribution is -0.122. The number of para-hydroxylation sites is 2. The molecule has 26 heavy (non-hydrogen) atoms. The molecule has 2 aromatic heterocycles. The highest BCUT2D eigenvalue weighted by atomic mass is 32.1. The van der Waals surface area contributed by atoms with Crippen LogP contribution in [0.15, 0.2) is 41.8 Å². The van der Waals surface area contributed by atoms with Crippen molar-refractivity contribution in [2.24, 2.45) is 0 Å². The van der Waals surface area contributed by atoms with E-state index in [-0.39, 0.29) is 24.3 Å². The molecule has 0 aliphatic carbocycles. The minimum Gasteiger partial charge on any atom is -0.349 e. The zero-order chi connectivity index (χ0) is 18.5. The second-order valence-corrected chi connectivity index (χ2v) is 6.99. The summed E-state index contributed by atoms with van der Waals surface area (Å²) in [6, 6.07) is 11.5. The molecule has 3 aromatic rings. The predicted octanol–water partition coefficient (Wildman–Crippen LogP) is 3.00. The molecule has 0 spiro atoms. The number of amides is 2. The molecule has 0 unspecified atom stereocenters. The maximum atomic E-state index is 12.4. The highest BCUT2D eigenvalue weighted by Crippen LogP contribution is 2.22. The summed E-state index contributed by atoms with van der Waals surface area (Å²) in [6.45, 7) is 4.67. The number of thiophene rings is 1. The Hall–Kier alpha value is -2.67. The quantitative estimate of drug-likeness (QED) is 0.671. The molecule has 0 fully saturated rings. The van der Waals surface area contributed by atoms with Crippen molar-refractivity contribution in [3.8, 4) is 0 Å². The first kappa shape index (κ1) is 18.1. The summed E-state index contributed by atoms with van der Waals surface area (Å²) in [4.78, 5) is 29.4. The maximum absolute atomic E-state index is 12.4. The van der Waals surface area contributed by atoms with E-state index in [0.717, 1.165) is 28.3 Å². The molecule has 136 valence electrons. The van der Waals surface area contributed by atoms with Gasteiger partial charge in [-0.1, -0.05) is 18.2 Å². The van der Waals surface area contributed by atoms with Crippen molar-refractivity contribution in [1.29, 1.82) is 0 Å². The summed E-state index contributed by atoms with van der Waals surface area (Å²) in [5.74, 6) is 0.560. The van der Waals surface area contributed by atoms with Crippen molar-refractivity contribution in [2.45, 2.75) is 39.4 Å². The fourth-order valence-electron chi connectivity index (χ4n) is 3.01. The lowest BCUT2D eigenvalue weighted by Gasteiger charge is -2.16. The van der Waals surface area contributed by atoms with E-state index < -0.39 is 0 Å². The number of aryl methyl sites for hydroxylation is 1. The van der Waals surface area contributed by atoms with Gasteiger partial charge in [-0.2, -0.15) is 0 Å². The van der Waals surface area contributed by atoms with Crippen LogP contribution >= 0.6 is 11.3 Å². The van der Waals surface area contributed by atoms with Gasteiger partial charge in [0.25, 0.3) is 0 Å². The van der Waals surface area contributed by atoms with E-state index in [9.17, 15) is 9.59 Å². The molecule has 1 atom stereocenters. The van der Waals surface area contributed by atoms with Crippen molar-refractivity contribution < 1.29 is 9.59 Å².